The number of phosphoric acid groups is 1. The predicted octanol–water partition coefficient (Wildman–Crippen LogP) is 12.9. The molecule has 3 aliphatic rings. The van der Waals surface area contributed by atoms with Gasteiger partial charge in [-0.15, -0.1) is 0 Å². The minimum Gasteiger partial charge on any atom is -0.463 e. The highest BCUT2D eigenvalue weighted by Crippen LogP contribution is 2.49. The van der Waals surface area contributed by atoms with Gasteiger partial charge >= 0.3 is 25.7 Å². The zero-order valence-electron chi connectivity index (χ0n) is 63.9. The summed E-state index contributed by atoms with van der Waals surface area (Å²) in [6, 6.07) is 0. The molecule has 608 valence electrons. The maximum Gasteiger partial charge on any atom is 0.472 e. The number of rotatable bonds is 66. The molecular weight excluding hydrogens is 1350 g/mol. The number of carbonyl (C=O) groups excluding carboxylic acids is 3. The standard InChI is InChI=1S/C78H147O24P/c1-4-7-10-13-16-19-22-25-28-30-33-35-38-41-44-47-50-53-63(81)95-58-61-66(84)68(86)73(91)78(99-61)101-75-71(89)69(87)70(88)74(100-77-72(90)67(85)65(83)60(55-79)98-77)76(75)102-103(92,93)96-57-59(56-94-62(80)52-49-46-43-40-37-34-31-27-24-21-18-15-12-9-6-3)97-64(82)54-51-48-45-42-39-36-32-29-26-23-20-17-14-11-8-5-2/h59-61,65-79,83-91H,4-58H2,1-3H3,(H,92,93). The highest BCUT2D eigenvalue weighted by Gasteiger charge is 2.58. The second kappa shape index (κ2) is 59.8. The molecule has 25 heteroatoms. The minimum atomic E-state index is -5.70. The molecule has 24 nitrogen and oxygen atoms in total. The molecular formula is C78H147O24P. The van der Waals surface area contributed by atoms with Crippen LogP contribution in [0.25, 0.3) is 0 Å². The third-order valence-electron chi connectivity index (χ3n) is 20.6. The Kier molecular flexibility index (Phi) is 55.2. The van der Waals surface area contributed by atoms with E-state index in [1.165, 1.54) is 199 Å². The van der Waals surface area contributed by atoms with Crippen LogP contribution in [-0.4, -0.2) is 204 Å². The number of esters is 3. The lowest BCUT2D eigenvalue weighted by atomic mass is 9.84. The van der Waals surface area contributed by atoms with E-state index in [1.54, 1.807) is 0 Å². The lowest BCUT2D eigenvalue weighted by Crippen LogP contribution is -2.69. The minimum absolute atomic E-state index is 0.0326. The summed E-state index contributed by atoms with van der Waals surface area (Å²) in [5.41, 5.74) is 0. The molecule has 2 aliphatic heterocycles. The van der Waals surface area contributed by atoms with Crippen LogP contribution in [-0.2, 0) is 61.2 Å². The van der Waals surface area contributed by atoms with Gasteiger partial charge in [0.1, 0.15) is 98.7 Å². The number of ether oxygens (including phenoxy) is 7. The van der Waals surface area contributed by atoms with Crippen molar-refractivity contribution in [2.45, 2.75) is 452 Å². The molecule has 0 aromatic heterocycles. The van der Waals surface area contributed by atoms with Crippen LogP contribution < -0.4 is 0 Å². The molecule has 0 radical (unpaired) electrons. The molecule has 0 spiro atoms. The Bertz CT molecular complexity index is 2120. The molecule has 1 aliphatic carbocycles. The van der Waals surface area contributed by atoms with Gasteiger partial charge in [-0.05, 0) is 19.3 Å². The molecule has 18 atom stereocenters. The van der Waals surface area contributed by atoms with E-state index < -0.39 is 156 Å². The van der Waals surface area contributed by atoms with Crippen LogP contribution in [0.15, 0.2) is 0 Å². The highest BCUT2D eigenvalue weighted by molar-refractivity contribution is 7.47. The molecule has 2 heterocycles. The fourth-order valence-electron chi connectivity index (χ4n) is 13.9. The van der Waals surface area contributed by atoms with Crippen LogP contribution in [0.5, 0.6) is 0 Å². The summed E-state index contributed by atoms with van der Waals surface area (Å²) in [6.45, 7) is 3.52. The van der Waals surface area contributed by atoms with Crippen molar-refractivity contribution in [3.63, 3.8) is 0 Å². The van der Waals surface area contributed by atoms with Crippen LogP contribution in [0, 0.1) is 0 Å². The molecule has 2 saturated heterocycles. The summed E-state index contributed by atoms with van der Waals surface area (Å²) < 4.78 is 65.3. The number of hydrogen-bond donors (Lipinski definition) is 11. The van der Waals surface area contributed by atoms with Crippen LogP contribution in [0.1, 0.15) is 348 Å². The fraction of sp³-hybridized carbons (Fsp3) is 0.962. The van der Waals surface area contributed by atoms with Crippen molar-refractivity contribution in [2.24, 2.45) is 0 Å². The lowest BCUT2D eigenvalue weighted by molar-refractivity contribution is -0.360. The van der Waals surface area contributed by atoms with Crippen molar-refractivity contribution in [2.75, 3.05) is 26.4 Å². The summed E-state index contributed by atoms with van der Waals surface area (Å²) in [5.74, 6) is -1.96. The maximum absolute atomic E-state index is 14.4. The quantitative estimate of drug-likeness (QED) is 0.0117. The number of aliphatic hydroxyl groups is 10. The van der Waals surface area contributed by atoms with Crippen LogP contribution in [0.2, 0.25) is 0 Å². The average Bonchev–Trinajstić information content (AvgIpc) is 0.761. The van der Waals surface area contributed by atoms with Gasteiger partial charge in [0.25, 0.3) is 0 Å². The molecule has 0 aromatic carbocycles. The van der Waals surface area contributed by atoms with Gasteiger partial charge in [-0.2, -0.15) is 0 Å². The summed E-state index contributed by atoms with van der Waals surface area (Å²) in [5, 5.41) is 110. The van der Waals surface area contributed by atoms with E-state index >= 15 is 0 Å². The van der Waals surface area contributed by atoms with Crippen LogP contribution in [0.4, 0.5) is 0 Å². The number of aliphatic hydroxyl groups excluding tert-OH is 10. The Morgan fingerprint density at radius 3 is 0.951 bits per heavy atom. The SMILES string of the molecule is CCCCCCCCCCCCCCCCCCCC(=O)OCC1OC(OC2C(O)C(O)C(O)C(OC3OC(CO)C(O)C(O)C3O)C2OP(=O)(O)OCC(COC(=O)CCCCCCCCCCCCCCCCC)OC(=O)CCCCCCCCCCCCCCCCCC)C(O)C(O)C1O. The number of unbranched alkanes of at least 4 members (excludes halogenated alkanes) is 45. The molecule has 0 amide bonds. The molecule has 0 bridgehead atoms. The monoisotopic (exact) mass is 1500 g/mol. The molecule has 0 aromatic rings. The molecule has 3 fully saturated rings. The summed E-state index contributed by atoms with van der Waals surface area (Å²) in [7, 11) is -5.70. The van der Waals surface area contributed by atoms with E-state index in [-0.39, 0.29) is 19.3 Å². The van der Waals surface area contributed by atoms with E-state index in [2.05, 4.69) is 20.8 Å². The van der Waals surface area contributed by atoms with Gasteiger partial charge in [-0.3, -0.25) is 23.4 Å². The van der Waals surface area contributed by atoms with Gasteiger partial charge in [-0.1, -0.05) is 310 Å². The van der Waals surface area contributed by atoms with Gasteiger partial charge in [-0.25, -0.2) is 4.57 Å². The van der Waals surface area contributed by atoms with Crippen molar-refractivity contribution in [1.82, 2.24) is 0 Å². The molecule has 3 rings (SSSR count). The Morgan fingerprint density at radius 2 is 0.621 bits per heavy atom. The van der Waals surface area contributed by atoms with Gasteiger partial charge in [0.05, 0.1) is 13.2 Å². The topological polar surface area (TPSA) is 374 Å². The summed E-state index contributed by atoms with van der Waals surface area (Å²) >= 11 is 0. The zero-order chi connectivity index (χ0) is 75.3. The highest BCUT2D eigenvalue weighted by atomic mass is 31.2. The molecule has 103 heavy (non-hydrogen) atoms. The van der Waals surface area contributed by atoms with Gasteiger partial charge in [0.15, 0.2) is 18.7 Å². The van der Waals surface area contributed by atoms with Crippen LogP contribution >= 0.6 is 7.82 Å². The lowest BCUT2D eigenvalue weighted by Gasteiger charge is -2.49. The van der Waals surface area contributed by atoms with Crippen molar-refractivity contribution < 1.29 is 117 Å². The summed E-state index contributed by atoms with van der Waals surface area (Å²) in [6.07, 6.45) is 19.8. The van der Waals surface area contributed by atoms with Crippen molar-refractivity contribution in [3.8, 4) is 0 Å². The molecule has 1 saturated carbocycles. The number of carbonyl (C=O) groups is 3. The van der Waals surface area contributed by atoms with Gasteiger partial charge < -0.3 is 89.1 Å². The summed E-state index contributed by atoms with van der Waals surface area (Å²) in [4.78, 5) is 51.2. The first-order chi connectivity index (χ1) is 49.8. The third kappa shape index (κ3) is 42.1. The second-order valence-corrected chi connectivity index (χ2v) is 31.3. The maximum atomic E-state index is 14.4. The van der Waals surface area contributed by atoms with E-state index in [4.69, 9.17) is 42.2 Å². The first kappa shape index (κ1) is 95.2. The van der Waals surface area contributed by atoms with Crippen molar-refractivity contribution in [1.29, 1.82) is 0 Å². The Balaban J connectivity index is 1.69. The van der Waals surface area contributed by atoms with Gasteiger partial charge in [0.2, 0.25) is 0 Å². The largest absolute Gasteiger partial charge is 0.472 e. The third-order valence-corrected chi connectivity index (χ3v) is 21.6. The second-order valence-electron chi connectivity index (χ2n) is 29.9. The smallest absolute Gasteiger partial charge is 0.463 e. The zero-order valence-corrected chi connectivity index (χ0v) is 64.8. The van der Waals surface area contributed by atoms with Crippen LogP contribution in [0.3, 0.4) is 0 Å². The van der Waals surface area contributed by atoms with E-state index in [1.807, 2.05) is 0 Å². The average molecular weight is 1500 g/mol. The first-order valence-electron chi connectivity index (χ1n) is 41.3. The normalized spacial score (nSPS) is 26.8. The van der Waals surface area contributed by atoms with Gasteiger partial charge in [0, 0.05) is 19.3 Å². The Morgan fingerprint density at radius 1 is 0.340 bits per heavy atom. The molecule has 18 unspecified atom stereocenters. The fourth-order valence-corrected chi connectivity index (χ4v) is 14.9. The Hall–Kier alpha value is -2.04. The van der Waals surface area contributed by atoms with Crippen molar-refractivity contribution in [3.05, 3.63) is 0 Å². The number of hydrogen-bond acceptors (Lipinski definition) is 23. The van der Waals surface area contributed by atoms with E-state index in [0.29, 0.717) is 19.3 Å². The number of phosphoric ester groups is 1. The van der Waals surface area contributed by atoms with E-state index in [0.717, 1.165) is 89.9 Å². The van der Waals surface area contributed by atoms with E-state index in [9.17, 15) is 74.9 Å². The molecule has 11 N–H and O–H groups in total. The first-order valence-corrected chi connectivity index (χ1v) is 42.8. The van der Waals surface area contributed by atoms with Crippen molar-refractivity contribution >= 4 is 25.7 Å². The predicted molar refractivity (Wildman–Crippen MR) is 393 cm³/mol. The Labute approximate surface area is 619 Å².